The highest BCUT2D eigenvalue weighted by Gasteiger charge is 2.51. The van der Waals surface area contributed by atoms with Gasteiger partial charge in [-0.25, -0.2) is 13.6 Å². The summed E-state index contributed by atoms with van der Waals surface area (Å²) in [5.41, 5.74) is 0.527. The molecular weight excluding hydrogens is 419 g/mol. The van der Waals surface area contributed by atoms with Crippen molar-refractivity contribution >= 4 is 24.5 Å². The van der Waals surface area contributed by atoms with E-state index < -0.39 is 54.3 Å². The van der Waals surface area contributed by atoms with Crippen LogP contribution in [-0.2, 0) is 31.7 Å². The van der Waals surface area contributed by atoms with Crippen molar-refractivity contribution in [2.75, 3.05) is 0 Å². The van der Waals surface area contributed by atoms with E-state index in [-0.39, 0.29) is 12.0 Å². The van der Waals surface area contributed by atoms with Gasteiger partial charge in [0, 0.05) is 12.5 Å². The summed E-state index contributed by atoms with van der Waals surface area (Å²) in [7, 11) is -0.533. The highest BCUT2D eigenvalue weighted by atomic mass is 19.1. The maximum atomic E-state index is 13.8. The van der Waals surface area contributed by atoms with E-state index in [1.54, 1.807) is 24.3 Å². The molecule has 2 aromatic rings. The summed E-state index contributed by atoms with van der Waals surface area (Å²) < 4.78 is 38.8. The maximum absolute atomic E-state index is 13.8. The number of hydrogen-bond acceptors (Lipinski definition) is 4. The molecule has 6 nitrogen and oxygen atoms in total. The van der Waals surface area contributed by atoms with Gasteiger partial charge in [-0.05, 0) is 50.4 Å². The van der Waals surface area contributed by atoms with Crippen LogP contribution in [0.25, 0.3) is 0 Å². The molecule has 0 aromatic heterocycles. The Morgan fingerprint density at radius 2 is 1.62 bits per heavy atom. The molecule has 0 unspecified atom stereocenters. The number of carboxylic acid groups (broad SMARTS) is 1. The number of amides is 1. The number of carboxylic acids is 1. The van der Waals surface area contributed by atoms with Crippen LogP contribution < -0.4 is 10.8 Å². The van der Waals surface area contributed by atoms with Gasteiger partial charge >= 0.3 is 13.1 Å². The first-order valence-corrected chi connectivity index (χ1v) is 10.3. The van der Waals surface area contributed by atoms with Crippen LogP contribution in [0.1, 0.15) is 38.8 Å². The van der Waals surface area contributed by atoms with Gasteiger partial charge in [-0.1, -0.05) is 30.3 Å². The highest BCUT2D eigenvalue weighted by molar-refractivity contribution is 6.62. The molecule has 32 heavy (non-hydrogen) atoms. The van der Waals surface area contributed by atoms with Crippen LogP contribution in [0, 0.1) is 11.6 Å². The molecular formula is C23H26BF2NO5. The van der Waals surface area contributed by atoms with Gasteiger partial charge in [-0.3, -0.25) is 4.79 Å². The van der Waals surface area contributed by atoms with E-state index >= 15 is 0 Å². The summed E-state index contributed by atoms with van der Waals surface area (Å²) in [6.45, 7) is 7.83. The number of carbonyl (C=O) groups excluding carboxylic acids is 1. The lowest BCUT2D eigenvalue weighted by Gasteiger charge is -2.32. The first kappa shape index (κ1) is 23.9. The molecule has 0 aliphatic carbocycles. The van der Waals surface area contributed by atoms with E-state index in [0.29, 0.717) is 11.6 Å². The molecule has 0 bridgehead atoms. The van der Waals surface area contributed by atoms with Gasteiger partial charge in [0.1, 0.15) is 17.7 Å². The lowest BCUT2D eigenvalue weighted by Crippen LogP contribution is -2.43. The SMILES string of the molecule is CC1(C)OB(c2ccc(C[C@H](NC(=O)Cc3ccc(F)cc3F)C(=O)O)cc2)OC1(C)C. The van der Waals surface area contributed by atoms with Gasteiger partial charge in [-0.15, -0.1) is 0 Å². The molecule has 1 aliphatic heterocycles. The van der Waals surface area contributed by atoms with E-state index in [1.165, 1.54) is 0 Å². The van der Waals surface area contributed by atoms with Crippen LogP contribution in [0.4, 0.5) is 8.78 Å². The van der Waals surface area contributed by atoms with Crippen LogP contribution in [0.5, 0.6) is 0 Å². The fourth-order valence-corrected chi connectivity index (χ4v) is 3.31. The van der Waals surface area contributed by atoms with E-state index in [0.717, 1.165) is 17.6 Å². The number of nitrogens with one attached hydrogen (secondary N) is 1. The van der Waals surface area contributed by atoms with Crippen molar-refractivity contribution in [1.82, 2.24) is 5.32 Å². The fourth-order valence-electron chi connectivity index (χ4n) is 3.31. The summed E-state index contributed by atoms with van der Waals surface area (Å²) in [4.78, 5) is 23.9. The number of aliphatic carboxylic acids is 1. The Balaban J connectivity index is 1.63. The summed E-state index contributed by atoms with van der Waals surface area (Å²) in [6.07, 6.45) is -0.354. The zero-order valence-corrected chi connectivity index (χ0v) is 18.4. The van der Waals surface area contributed by atoms with Gasteiger partial charge in [0.2, 0.25) is 5.91 Å². The maximum Gasteiger partial charge on any atom is 0.494 e. The predicted molar refractivity (Wildman–Crippen MR) is 115 cm³/mol. The third-order valence-corrected chi connectivity index (χ3v) is 5.94. The minimum absolute atomic E-state index is 0.0141. The minimum atomic E-state index is -1.21. The standard InChI is InChI=1S/C23H26BF2NO5/c1-22(2)23(3,4)32-24(31-22)16-8-5-14(6-9-16)11-19(21(29)30)27-20(28)12-15-7-10-17(25)13-18(15)26/h5-10,13,19H,11-12H2,1-4H3,(H,27,28)(H,29,30)/t19-/m0/s1. The average molecular weight is 445 g/mol. The smallest absolute Gasteiger partial charge is 0.480 e. The molecule has 3 rings (SSSR count). The van der Waals surface area contributed by atoms with Crippen LogP contribution in [0.15, 0.2) is 42.5 Å². The Kier molecular flexibility index (Phi) is 6.71. The van der Waals surface area contributed by atoms with Gasteiger partial charge in [0.15, 0.2) is 0 Å². The molecule has 2 N–H and O–H groups in total. The normalized spacial score (nSPS) is 17.8. The summed E-state index contributed by atoms with van der Waals surface area (Å²) in [6, 6.07) is 8.78. The van der Waals surface area contributed by atoms with E-state index in [4.69, 9.17) is 9.31 Å². The van der Waals surface area contributed by atoms with Crippen LogP contribution in [0.2, 0.25) is 0 Å². The van der Waals surface area contributed by atoms with Gasteiger partial charge in [0.05, 0.1) is 17.6 Å². The zero-order chi connectivity index (χ0) is 23.7. The van der Waals surface area contributed by atoms with Gasteiger partial charge in [-0.2, -0.15) is 0 Å². The molecule has 1 atom stereocenters. The van der Waals surface area contributed by atoms with E-state index in [2.05, 4.69) is 5.32 Å². The molecule has 1 aliphatic rings. The Morgan fingerprint density at radius 1 is 1.03 bits per heavy atom. The highest BCUT2D eigenvalue weighted by Crippen LogP contribution is 2.36. The molecule has 1 amide bonds. The fraction of sp³-hybridized carbons (Fsp3) is 0.391. The summed E-state index contributed by atoms with van der Waals surface area (Å²) >= 11 is 0. The number of rotatable bonds is 7. The van der Waals surface area contributed by atoms with Gasteiger partial charge < -0.3 is 19.7 Å². The lowest BCUT2D eigenvalue weighted by atomic mass is 9.78. The summed E-state index contributed by atoms with van der Waals surface area (Å²) in [5.74, 6) is -3.49. The summed E-state index contributed by atoms with van der Waals surface area (Å²) in [5, 5.41) is 11.9. The number of benzene rings is 2. The number of halogens is 2. The van der Waals surface area contributed by atoms with Crippen molar-refractivity contribution in [2.24, 2.45) is 0 Å². The molecule has 0 spiro atoms. The van der Waals surface area contributed by atoms with Crippen molar-refractivity contribution in [3.05, 3.63) is 65.2 Å². The Morgan fingerprint density at radius 3 is 2.16 bits per heavy atom. The number of hydrogen-bond donors (Lipinski definition) is 2. The third kappa shape index (κ3) is 5.34. The monoisotopic (exact) mass is 445 g/mol. The van der Waals surface area contributed by atoms with E-state index in [1.807, 2.05) is 27.7 Å². The zero-order valence-electron chi connectivity index (χ0n) is 18.4. The molecule has 2 aromatic carbocycles. The molecule has 1 fully saturated rings. The topological polar surface area (TPSA) is 84.9 Å². The Bertz CT molecular complexity index is 994. The molecule has 0 radical (unpaired) electrons. The quantitative estimate of drug-likeness (QED) is 0.641. The van der Waals surface area contributed by atoms with Crippen molar-refractivity contribution in [3.63, 3.8) is 0 Å². The second kappa shape index (κ2) is 9.00. The van der Waals surface area contributed by atoms with Crippen molar-refractivity contribution in [2.45, 2.75) is 57.8 Å². The van der Waals surface area contributed by atoms with Gasteiger partial charge in [0.25, 0.3) is 0 Å². The first-order valence-electron chi connectivity index (χ1n) is 10.3. The van der Waals surface area contributed by atoms with Crippen LogP contribution in [0.3, 0.4) is 0 Å². The average Bonchev–Trinajstić information content (AvgIpc) is 2.91. The predicted octanol–water partition coefficient (Wildman–Crippen LogP) is 2.62. The Labute approximate surface area is 186 Å². The molecule has 1 heterocycles. The largest absolute Gasteiger partial charge is 0.494 e. The van der Waals surface area contributed by atoms with Crippen molar-refractivity contribution < 1.29 is 32.8 Å². The Hall–Kier alpha value is -2.78. The molecule has 170 valence electrons. The van der Waals surface area contributed by atoms with Crippen molar-refractivity contribution in [3.8, 4) is 0 Å². The molecule has 9 heteroatoms. The molecule has 1 saturated heterocycles. The molecule has 0 saturated carbocycles. The lowest BCUT2D eigenvalue weighted by molar-refractivity contribution is -0.141. The second-order valence-electron chi connectivity index (χ2n) is 8.90. The van der Waals surface area contributed by atoms with Crippen molar-refractivity contribution in [1.29, 1.82) is 0 Å². The second-order valence-corrected chi connectivity index (χ2v) is 8.90. The van der Waals surface area contributed by atoms with E-state index in [9.17, 15) is 23.5 Å². The first-order chi connectivity index (χ1) is 14.9. The van der Waals surface area contributed by atoms with Crippen LogP contribution >= 0.6 is 0 Å². The minimum Gasteiger partial charge on any atom is -0.480 e. The van der Waals surface area contributed by atoms with Crippen LogP contribution in [-0.4, -0.2) is 41.3 Å². The third-order valence-electron chi connectivity index (χ3n) is 5.94. The number of carbonyl (C=O) groups is 2.